The second-order valence-electron chi connectivity index (χ2n) is 2.91. The average molecular weight is 421 g/mol. The van der Waals surface area contributed by atoms with Gasteiger partial charge in [-0.25, -0.2) is 0 Å². The summed E-state index contributed by atoms with van der Waals surface area (Å²) in [6.07, 6.45) is 0.240. The lowest BCUT2D eigenvalue weighted by Crippen LogP contribution is -2.11. The van der Waals surface area contributed by atoms with Crippen molar-refractivity contribution in [3.8, 4) is 5.75 Å². The standard InChI is InChI=1S/C9H10FI2NO/c10-2-1-8(13)6-3-5(11)4-7(12)9(6)14/h3-4,8,14H,1-2,13H2/t8-/m0/s1. The van der Waals surface area contributed by atoms with Gasteiger partial charge in [0.05, 0.1) is 10.2 Å². The molecule has 78 valence electrons. The Labute approximate surface area is 109 Å². The molecule has 1 atom stereocenters. The van der Waals surface area contributed by atoms with Gasteiger partial charge in [-0.2, -0.15) is 0 Å². The minimum absolute atomic E-state index is 0.173. The zero-order chi connectivity index (χ0) is 10.7. The fourth-order valence-corrected chi connectivity index (χ4v) is 3.03. The molecule has 1 rings (SSSR count). The van der Waals surface area contributed by atoms with Crippen molar-refractivity contribution < 1.29 is 9.50 Å². The third kappa shape index (κ3) is 2.93. The summed E-state index contributed by atoms with van der Waals surface area (Å²) in [5, 5.41) is 9.71. The van der Waals surface area contributed by atoms with Gasteiger partial charge in [-0.3, -0.25) is 4.39 Å². The van der Waals surface area contributed by atoms with Crippen LogP contribution >= 0.6 is 45.2 Å². The molecule has 0 bridgehead atoms. The van der Waals surface area contributed by atoms with Gasteiger partial charge in [-0.1, -0.05) is 0 Å². The van der Waals surface area contributed by atoms with Crippen LogP contribution in [0.4, 0.5) is 4.39 Å². The number of hydrogen-bond acceptors (Lipinski definition) is 2. The van der Waals surface area contributed by atoms with Crippen LogP contribution in [-0.2, 0) is 0 Å². The van der Waals surface area contributed by atoms with Crippen LogP contribution < -0.4 is 5.73 Å². The van der Waals surface area contributed by atoms with Crippen molar-refractivity contribution >= 4 is 45.2 Å². The summed E-state index contributed by atoms with van der Waals surface area (Å²) in [5.41, 5.74) is 6.36. The minimum Gasteiger partial charge on any atom is -0.506 e. The summed E-state index contributed by atoms with van der Waals surface area (Å²) in [6, 6.07) is 3.21. The van der Waals surface area contributed by atoms with Crippen LogP contribution in [0, 0.1) is 7.14 Å². The Hall–Kier alpha value is 0.370. The molecule has 0 radical (unpaired) electrons. The van der Waals surface area contributed by atoms with Gasteiger partial charge in [0.2, 0.25) is 0 Å². The number of phenols is 1. The number of alkyl halides is 1. The number of phenolic OH excluding ortho intramolecular Hbond substituents is 1. The SMILES string of the molecule is N[C@@H](CCF)c1cc(I)cc(I)c1O. The summed E-state index contributed by atoms with van der Waals surface area (Å²) in [7, 11) is 0. The lowest BCUT2D eigenvalue weighted by molar-refractivity contribution is 0.422. The molecule has 1 aromatic carbocycles. The van der Waals surface area contributed by atoms with E-state index in [1.807, 2.05) is 28.7 Å². The normalized spacial score (nSPS) is 12.9. The summed E-state index contributed by atoms with van der Waals surface area (Å²) in [6.45, 7) is -0.470. The summed E-state index contributed by atoms with van der Waals surface area (Å²) < 4.78 is 13.8. The first-order chi connectivity index (χ1) is 6.56. The van der Waals surface area contributed by atoms with E-state index < -0.39 is 12.7 Å². The lowest BCUT2D eigenvalue weighted by Gasteiger charge is -2.13. The highest BCUT2D eigenvalue weighted by Crippen LogP contribution is 2.31. The molecule has 0 heterocycles. The molecule has 0 unspecified atom stereocenters. The number of nitrogens with two attached hydrogens (primary N) is 1. The van der Waals surface area contributed by atoms with E-state index in [-0.39, 0.29) is 12.2 Å². The molecule has 0 aliphatic heterocycles. The maximum absolute atomic E-state index is 12.1. The monoisotopic (exact) mass is 421 g/mol. The van der Waals surface area contributed by atoms with Crippen LogP contribution in [0.15, 0.2) is 12.1 Å². The van der Waals surface area contributed by atoms with Gasteiger partial charge < -0.3 is 10.8 Å². The van der Waals surface area contributed by atoms with Gasteiger partial charge >= 0.3 is 0 Å². The van der Waals surface area contributed by atoms with Crippen LogP contribution in [0.2, 0.25) is 0 Å². The Morgan fingerprint density at radius 3 is 2.64 bits per heavy atom. The summed E-state index contributed by atoms with van der Waals surface area (Å²) >= 11 is 4.18. The Morgan fingerprint density at radius 2 is 2.07 bits per heavy atom. The molecular weight excluding hydrogens is 411 g/mol. The van der Waals surface area contributed by atoms with Gasteiger partial charge in [0.1, 0.15) is 5.75 Å². The number of aromatic hydroxyl groups is 1. The van der Waals surface area contributed by atoms with E-state index in [0.717, 1.165) is 7.14 Å². The van der Waals surface area contributed by atoms with Crippen LogP contribution in [0.25, 0.3) is 0 Å². The highest BCUT2D eigenvalue weighted by molar-refractivity contribution is 14.1. The number of halogens is 3. The van der Waals surface area contributed by atoms with Crippen molar-refractivity contribution in [2.24, 2.45) is 5.73 Å². The molecule has 0 spiro atoms. The fraction of sp³-hybridized carbons (Fsp3) is 0.333. The highest BCUT2D eigenvalue weighted by Gasteiger charge is 2.13. The van der Waals surface area contributed by atoms with Crippen LogP contribution in [0.5, 0.6) is 5.75 Å². The number of hydrogen-bond donors (Lipinski definition) is 2. The molecule has 3 N–H and O–H groups in total. The highest BCUT2D eigenvalue weighted by atomic mass is 127. The van der Waals surface area contributed by atoms with E-state index in [1.165, 1.54) is 0 Å². The number of benzene rings is 1. The Morgan fingerprint density at radius 1 is 1.43 bits per heavy atom. The Balaban J connectivity index is 3.07. The summed E-state index contributed by atoms with van der Waals surface area (Å²) in [5.74, 6) is 0.173. The van der Waals surface area contributed by atoms with E-state index in [4.69, 9.17) is 5.73 Å². The summed E-state index contributed by atoms with van der Waals surface area (Å²) in [4.78, 5) is 0. The molecule has 0 aliphatic rings. The maximum Gasteiger partial charge on any atom is 0.133 e. The molecule has 5 heteroatoms. The quantitative estimate of drug-likeness (QED) is 0.738. The van der Waals surface area contributed by atoms with Gasteiger partial charge in [-0.15, -0.1) is 0 Å². The second kappa shape index (κ2) is 5.45. The van der Waals surface area contributed by atoms with E-state index in [9.17, 15) is 9.50 Å². The van der Waals surface area contributed by atoms with E-state index in [0.29, 0.717) is 5.56 Å². The second-order valence-corrected chi connectivity index (χ2v) is 5.32. The van der Waals surface area contributed by atoms with Gasteiger partial charge in [0.15, 0.2) is 0 Å². The third-order valence-electron chi connectivity index (χ3n) is 1.88. The molecule has 0 saturated heterocycles. The van der Waals surface area contributed by atoms with Crippen molar-refractivity contribution in [1.82, 2.24) is 0 Å². The van der Waals surface area contributed by atoms with Gasteiger partial charge in [-0.05, 0) is 63.7 Å². The molecule has 0 aliphatic carbocycles. The van der Waals surface area contributed by atoms with E-state index in [1.54, 1.807) is 6.07 Å². The van der Waals surface area contributed by atoms with Crippen LogP contribution in [0.3, 0.4) is 0 Å². The molecule has 1 aromatic rings. The van der Waals surface area contributed by atoms with Crippen molar-refractivity contribution in [1.29, 1.82) is 0 Å². The minimum atomic E-state index is -0.470. The molecule has 0 saturated carbocycles. The topological polar surface area (TPSA) is 46.2 Å². The zero-order valence-electron chi connectivity index (χ0n) is 7.30. The predicted molar refractivity (Wildman–Crippen MR) is 71.1 cm³/mol. The molecular formula is C9H10FI2NO. The van der Waals surface area contributed by atoms with Crippen molar-refractivity contribution in [2.75, 3.05) is 6.67 Å². The molecule has 2 nitrogen and oxygen atoms in total. The molecule has 0 aromatic heterocycles. The number of rotatable bonds is 3. The van der Waals surface area contributed by atoms with Crippen molar-refractivity contribution in [3.05, 3.63) is 24.8 Å². The maximum atomic E-state index is 12.1. The van der Waals surface area contributed by atoms with E-state index in [2.05, 4.69) is 22.6 Å². The largest absolute Gasteiger partial charge is 0.506 e. The molecule has 0 amide bonds. The fourth-order valence-electron chi connectivity index (χ4n) is 1.14. The first-order valence-corrected chi connectivity index (χ1v) is 6.21. The molecule has 14 heavy (non-hydrogen) atoms. The third-order valence-corrected chi connectivity index (χ3v) is 3.32. The van der Waals surface area contributed by atoms with E-state index >= 15 is 0 Å². The van der Waals surface area contributed by atoms with Gasteiger partial charge in [0, 0.05) is 15.2 Å². The zero-order valence-corrected chi connectivity index (χ0v) is 11.6. The first-order valence-electron chi connectivity index (χ1n) is 4.05. The smallest absolute Gasteiger partial charge is 0.133 e. The van der Waals surface area contributed by atoms with Crippen molar-refractivity contribution in [2.45, 2.75) is 12.5 Å². The Kier molecular flexibility index (Phi) is 4.84. The first kappa shape index (κ1) is 12.4. The lowest BCUT2D eigenvalue weighted by atomic mass is 10.0. The van der Waals surface area contributed by atoms with Crippen molar-refractivity contribution in [3.63, 3.8) is 0 Å². The average Bonchev–Trinajstić information content (AvgIpc) is 2.11. The van der Waals surface area contributed by atoms with Crippen LogP contribution in [0.1, 0.15) is 18.0 Å². The predicted octanol–water partition coefficient (Wildman–Crippen LogP) is 2.96. The molecule has 0 fully saturated rings. The van der Waals surface area contributed by atoms with Crippen LogP contribution in [-0.4, -0.2) is 11.8 Å². The van der Waals surface area contributed by atoms with Gasteiger partial charge in [0.25, 0.3) is 0 Å². The Bertz CT molecular complexity index is 333.